The lowest BCUT2D eigenvalue weighted by Gasteiger charge is -1.99. The van der Waals surface area contributed by atoms with E-state index in [1.807, 2.05) is 17.5 Å². The van der Waals surface area contributed by atoms with Crippen molar-refractivity contribution in [1.82, 2.24) is 9.97 Å². The number of thiophene rings is 1. The molecule has 0 radical (unpaired) electrons. The zero-order valence-electron chi connectivity index (χ0n) is 8.14. The highest BCUT2D eigenvalue weighted by Crippen LogP contribution is 2.19. The maximum absolute atomic E-state index is 11.3. The van der Waals surface area contributed by atoms with Gasteiger partial charge in [-0.2, -0.15) is 0 Å². The Bertz CT molecular complexity index is 560. The molecule has 0 saturated heterocycles. The average molecular weight is 236 g/mol. The number of aromatic nitrogens is 2. The van der Waals surface area contributed by atoms with Gasteiger partial charge in [-0.05, 0) is 11.4 Å². The summed E-state index contributed by atoms with van der Waals surface area (Å²) in [5.41, 5.74) is -0.0747. The molecule has 0 unspecified atom stereocenters. The van der Waals surface area contributed by atoms with E-state index in [0.29, 0.717) is 5.82 Å². The van der Waals surface area contributed by atoms with E-state index < -0.39 is 5.97 Å². The number of aromatic amines is 1. The van der Waals surface area contributed by atoms with Gasteiger partial charge in [-0.3, -0.25) is 9.59 Å². The monoisotopic (exact) mass is 236 g/mol. The highest BCUT2D eigenvalue weighted by atomic mass is 32.1. The lowest BCUT2D eigenvalue weighted by atomic mass is 10.3. The molecule has 2 aromatic heterocycles. The second-order valence-electron chi connectivity index (χ2n) is 3.13. The van der Waals surface area contributed by atoms with Crippen molar-refractivity contribution in [2.45, 2.75) is 6.42 Å². The molecule has 0 aliphatic carbocycles. The fraction of sp³-hybridized carbons (Fsp3) is 0.100. The molecule has 2 heterocycles. The third-order valence-corrected chi connectivity index (χ3v) is 2.76. The van der Waals surface area contributed by atoms with Gasteiger partial charge in [-0.1, -0.05) is 6.07 Å². The van der Waals surface area contributed by atoms with Crippen molar-refractivity contribution in [2.24, 2.45) is 0 Å². The summed E-state index contributed by atoms with van der Waals surface area (Å²) in [6.45, 7) is 0. The number of aliphatic carboxylic acids is 1. The van der Waals surface area contributed by atoms with E-state index in [1.54, 1.807) is 0 Å². The second kappa shape index (κ2) is 4.28. The summed E-state index contributed by atoms with van der Waals surface area (Å²) in [4.78, 5) is 29.3. The highest BCUT2D eigenvalue weighted by Gasteiger charge is 2.07. The van der Waals surface area contributed by atoms with Crippen LogP contribution in [0.15, 0.2) is 28.4 Å². The molecular formula is C10H8N2O3S. The molecule has 2 N–H and O–H groups in total. The van der Waals surface area contributed by atoms with Gasteiger partial charge in [-0.25, -0.2) is 4.98 Å². The first-order valence-electron chi connectivity index (χ1n) is 4.51. The zero-order chi connectivity index (χ0) is 11.5. The Morgan fingerprint density at radius 3 is 3.00 bits per heavy atom. The van der Waals surface area contributed by atoms with Crippen molar-refractivity contribution >= 4 is 17.3 Å². The summed E-state index contributed by atoms with van der Waals surface area (Å²) in [5.74, 6) is -0.589. The Kier molecular flexibility index (Phi) is 2.82. The molecule has 0 bridgehead atoms. The number of hydrogen-bond acceptors (Lipinski definition) is 4. The van der Waals surface area contributed by atoms with Crippen LogP contribution in [0.25, 0.3) is 10.7 Å². The van der Waals surface area contributed by atoms with Gasteiger partial charge in [0.25, 0.3) is 5.56 Å². The van der Waals surface area contributed by atoms with Gasteiger partial charge in [-0.15, -0.1) is 11.3 Å². The lowest BCUT2D eigenvalue weighted by molar-refractivity contribution is -0.136. The first-order valence-corrected chi connectivity index (χ1v) is 5.39. The first kappa shape index (κ1) is 10.6. The third-order valence-electron chi connectivity index (χ3n) is 1.88. The van der Waals surface area contributed by atoms with E-state index in [-0.39, 0.29) is 17.7 Å². The number of carboxylic acids is 1. The SMILES string of the molecule is O=C(O)Cc1cc(=O)[nH]c(-c2cccs2)n1. The largest absolute Gasteiger partial charge is 0.481 e. The number of hydrogen-bond donors (Lipinski definition) is 2. The molecule has 0 fully saturated rings. The van der Waals surface area contributed by atoms with Gasteiger partial charge in [0, 0.05) is 6.07 Å². The summed E-state index contributed by atoms with van der Waals surface area (Å²) < 4.78 is 0. The fourth-order valence-corrected chi connectivity index (χ4v) is 1.95. The Morgan fingerprint density at radius 1 is 1.56 bits per heavy atom. The smallest absolute Gasteiger partial charge is 0.309 e. The van der Waals surface area contributed by atoms with Crippen LogP contribution in [-0.4, -0.2) is 21.0 Å². The number of carbonyl (C=O) groups is 1. The van der Waals surface area contributed by atoms with E-state index >= 15 is 0 Å². The van der Waals surface area contributed by atoms with Crippen LogP contribution in [0.4, 0.5) is 0 Å². The van der Waals surface area contributed by atoms with Crippen molar-refractivity contribution in [3.05, 3.63) is 39.6 Å². The van der Waals surface area contributed by atoms with Crippen molar-refractivity contribution in [1.29, 1.82) is 0 Å². The quantitative estimate of drug-likeness (QED) is 0.836. The molecule has 0 aliphatic heterocycles. The minimum Gasteiger partial charge on any atom is -0.481 e. The van der Waals surface area contributed by atoms with Gasteiger partial charge in [0.05, 0.1) is 17.0 Å². The molecule has 2 rings (SSSR count). The molecule has 16 heavy (non-hydrogen) atoms. The number of H-pyrrole nitrogens is 1. The normalized spacial score (nSPS) is 10.2. The third kappa shape index (κ3) is 2.34. The molecule has 6 heteroatoms. The van der Waals surface area contributed by atoms with Crippen molar-refractivity contribution in [3.63, 3.8) is 0 Å². The van der Waals surface area contributed by atoms with Gasteiger partial charge >= 0.3 is 5.97 Å². The average Bonchev–Trinajstić information content (AvgIpc) is 2.67. The topological polar surface area (TPSA) is 83.0 Å². The highest BCUT2D eigenvalue weighted by molar-refractivity contribution is 7.13. The Hall–Kier alpha value is -1.95. The molecule has 0 saturated carbocycles. The van der Waals surface area contributed by atoms with Crippen LogP contribution in [-0.2, 0) is 11.2 Å². The Labute approximate surface area is 94.4 Å². The number of nitrogens with one attached hydrogen (secondary N) is 1. The van der Waals surface area contributed by atoms with Crippen LogP contribution in [0.2, 0.25) is 0 Å². The van der Waals surface area contributed by atoms with Gasteiger partial charge in [0.15, 0.2) is 5.82 Å². The number of nitrogens with zero attached hydrogens (tertiary/aromatic N) is 1. The summed E-state index contributed by atoms with van der Waals surface area (Å²) >= 11 is 1.43. The minimum absolute atomic E-state index is 0.248. The van der Waals surface area contributed by atoms with E-state index in [2.05, 4.69) is 9.97 Å². The fourth-order valence-electron chi connectivity index (χ4n) is 1.28. The van der Waals surface area contributed by atoms with Crippen LogP contribution in [0, 0.1) is 0 Å². The first-order chi connectivity index (χ1) is 7.65. The molecular weight excluding hydrogens is 228 g/mol. The lowest BCUT2D eigenvalue weighted by Crippen LogP contribution is -2.12. The van der Waals surface area contributed by atoms with Crippen LogP contribution in [0.5, 0.6) is 0 Å². The molecule has 0 atom stereocenters. The molecule has 0 spiro atoms. The minimum atomic E-state index is -1.00. The summed E-state index contributed by atoms with van der Waals surface area (Å²) in [5, 5.41) is 10.5. The Morgan fingerprint density at radius 2 is 2.38 bits per heavy atom. The summed E-state index contributed by atoms with van der Waals surface area (Å²) in [6.07, 6.45) is -0.248. The number of rotatable bonds is 3. The molecule has 2 aromatic rings. The predicted molar refractivity (Wildman–Crippen MR) is 59.5 cm³/mol. The van der Waals surface area contributed by atoms with Crippen LogP contribution in [0.3, 0.4) is 0 Å². The summed E-state index contributed by atoms with van der Waals surface area (Å²) in [6, 6.07) is 4.85. The molecule has 0 aromatic carbocycles. The van der Waals surface area contributed by atoms with Crippen LogP contribution >= 0.6 is 11.3 Å². The summed E-state index contributed by atoms with van der Waals surface area (Å²) in [7, 11) is 0. The molecule has 82 valence electrons. The number of carboxylic acid groups (broad SMARTS) is 1. The van der Waals surface area contributed by atoms with E-state index in [1.165, 1.54) is 17.4 Å². The Balaban J connectivity index is 2.44. The van der Waals surface area contributed by atoms with Crippen LogP contribution < -0.4 is 5.56 Å². The maximum atomic E-state index is 11.3. The van der Waals surface area contributed by atoms with E-state index in [0.717, 1.165) is 4.88 Å². The molecule has 0 aliphatic rings. The van der Waals surface area contributed by atoms with E-state index in [4.69, 9.17) is 5.11 Å². The molecule has 5 nitrogen and oxygen atoms in total. The standard InChI is InChI=1S/C10H8N2O3S/c13-8-4-6(5-9(14)15)11-10(12-8)7-2-1-3-16-7/h1-4H,5H2,(H,14,15)(H,11,12,13). The van der Waals surface area contributed by atoms with Crippen molar-refractivity contribution < 1.29 is 9.90 Å². The molecule has 0 amide bonds. The maximum Gasteiger partial charge on any atom is 0.309 e. The van der Waals surface area contributed by atoms with Crippen molar-refractivity contribution in [2.75, 3.05) is 0 Å². The van der Waals surface area contributed by atoms with Gasteiger partial charge in [0.1, 0.15) is 0 Å². The zero-order valence-corrected chi connectivity index (χ0v) is 8.95. The predicted octanol–water partition coefficient (Wildman–Crippen LogP) is 1.13. The van der Waals surface area contributed by atoms with Gasteiger partial charge < -0.3 is 10.1 Å². The van der Waals surface area contributed by atoms with Crippen molar-refractivity contribution in [3.8, 4) is 10.7 Å². The van der Waals surface area contributed by atoms with Gasteiger partial charge in [0.2, 0.25) is 0 Å². The van der Waals surface area contributed by atoms with Crippen LogP contribution in [0.1, 0.15) is 5.69 Å². The second-order valence-corrected chi connectivity index (χ2v) is 4.08. The van der Waals surface area contributed by atoms with E-state index in [9.17, 15) is 9.59 Å².